The summed E-state index contributed by atoms with van der Waals surface area (Å²) in [6.07, 6.45) is 1.74. The number of likely N-dealkylation sites (tertiary alicyclic amines) is 1. The second-order valence-electron chi connectivity index (χ2n) is 7.86. The molecule has 0 aromatic heterocycles. The summed E-state index contributed by atoms with van der Waals surface area (Å²) in [5.41, 5.74) is 4.77. The molecule has 5 heteroatoms. The van der Waals surface area contributed by atoms with E-state index in [9.17, 15) is 4.79 Å². The van der Waals surface area contributed by atoms with E-state index in [4.69, 9.17) is 23.2 Å². The van der Waals surface area contributed by atoms with E-state index >= 15 is 0 Å². The van der Waals surface area contributed by atoms with Crippen LogP contribution in [0.1, 0.15) is 48.1 Å². The molecule has 2 aromatic rings. The van der Waals surface area contributed by atoms with Gasteiger partial charge in [-0.3, -0.25) is 9.69 Å². The van der Waals surface area contributed by atoms with Crippen LogP contribution >= 0.6 is 23.2 Å². The summed E-state index contributed by atoms with van der Waals surface area (Å²) in [5, 5.41) is 4.56. The standard InChI is InChI=1S/C23H28Cl2N2O/c1-15-4-5-19(12-16(15)2)17(3)26-23(28)18-8-10-27(11-9-18)14-20-6-7-21(24)13-22(20)25/h4-7,12-13,17-18H,8-11,14H2,1-3H3,(H,26,28)/t17-/m0/s1. The van der Waals surface area contributed by atoms with Crippen LogP contribution in [0.5, 0.6) is 0 Å². The predicted molar refractivity (Wildman–Crippen MR) is 117 cm³/mol. The Labute approximate surface area is 178 Å². The zero-order valence-electron chi connectivity index (χ0n) is 16.8. The number of carbonyl (C=O) groups is 1. The van der Waals surface area contributed by atoms with E-state index in [1.807, 2.05) is 12.1 Å². The number of piperidine rings is 1. The molecular formula is C23H28Cl2N2O. The van der Waals surface area contributed by atoms with E-state index in [1.165, 1.54) is 11.1 Å². The molecule has 1 saturated heterocycles. The van der Waals surface area contributed by atoms with Gasteiger partial charge < -0.3 is 5.32 Å². The highest BCUT2D eigenvalue weighted by Crippen LogP contribution is 2.25. The molecule has 150 valence electrons. The maximum absolute atomic E-state index is 12.7. The van der Waals surface area contributed by atoms with Crippen LogP contribution in [0, 0.1) is 19.8 Å². The van der Waals surface area contributed by atoms with Crippen molar-refractivity contribution in [3.8, 4) is 0 Å². The summed E-state index contributed by atoms with van der Waals surface area (Å²) in [7, 11) is 0. The molecule has 3 rings (SSSR count). The molecule has 0 aliphatic carbocycles. The molecule has 0 spiro atoms. The average molecular weight is 419 g/mol. The Morgan fingerprint density at radius 3 is 2.46 bits per heavy atom. The molecule has 1 amide bonds. The van der Waals surface area contributed by atoms with E-state index in [1.54, 1.807) is 6.07 Å². The van der Waals surface area contributed by atoms with Crippen molar-refractivity contribution in [2.75, 3.05) is 13.1 Å². The number of carbonyl (C=O) groups excluding carboxylic acids is 1. The molecule has 0 unspecified atom stereocenters. The molecule has 1 aliphatic heterocycles. The van der Waals surface area contributed by atoms with Crippen LogP contribution in [0.2, 0.25) is 10.0 Å². The van der Waals surface area contributed by atoms with Gasteiger partial charge in [0.25, 0.3) is 0 Å². The number of nitrogens with one attached hydrogen (secondary N) is 1. The lowest BCUT2D eigenvalue weighted by Crippen LogP contribution is -2.40. The van der Waals surface area contributed by atoms with Gasteiger partial charge in [-0.1, -0.05) is 47.5 Å². The van der Waals surface area contributed by atoms with Gasteiger partial charge in [0, 0.05) is 22.5 Å². The zero-order valence-corrected chi connectivity index (χ0v) is 18.3. The Bertz CT molecular complexity index is 844. The molecular weight excluding hydrogens is 391 g/mol. The fraction of sp³-hybridized carbons (Fsp3) is 0.435. The van der Waals surface area contributed by atoms with Crippen molar-refractivity contribution >= 4 is 29.1 Å². The van der Waals surface area contributed by atoms with E-state index in [0.29, 0.717) is 10.0 Å². The molecule has 1 N–H and O–H groups in total. The van der Waals surface area contributed by atoms with Crippen LogP contribution in [-0.2, 0) is 11.3 Å². The van der Waals surface area contributed by atoms with Crippen LogP contribution in [0.15, 0.2) is 36.4 Å². The van der Waals surface area contributed by atoms with Crippen molar-refractivity contribution in [3.05, 3.63) is 68.7 Å². The SMILES string of the molecule is Cc1ccc([C@H](C)NC(=O)C2CCN(Cc3ccc(Cl)cc3Cl)CC2)cc1C. The first-order chi connectivity index (χ1) is 13.3. The molecule has 0 radical (unpaired) electrons. The van der Waals surface area contributed by atoms with Gasteiger partial charge in [0.15, 0.2) is 0 Å². The second-order valence-corrected chi connectivity index (χ2v) is 8.70. The number of hydrogen-bond acceptors (Lipinski definition) is 2. The van der Waals surface area contributed by atoms with Crippen molar-refractivity contribution in [1.29, 1.82) is 0 Å². The Hall–Kier alpha value is -1.55. The number of benzene rings is 2. The zero-order chi connectivity index (χ0) is 20.3. The highest BCUT2D eigenvalue weighted by Gasteiger charge is 2.26. The summed E-state index contributed by atoms with van der Waals surface area (Å²) >= 11 is 12.3. The van der Waals surface area contributed by atoms with Crippen molar-refractivity contribution in [3.63, 3.8) is 0 Å². The van der Waals surface area contributed by atoms with Gasteiger partial charge in [0.05, 0.1) is 6.04 Å². The molecule has 0 saturated carbocycles. The van der Waals surface area contributed by atoms with Gasteiger partial charge in [-0.2, -0.15) is 0 Å². The molecule has 1 atom stereocenters. The van der Waals surface area contributed by atoms with E-state index in [2.05, 4.69) is 49.2 Å². The van der Waals surface area contributed by atoms with Gasteiger partial charge in [0.2, 0.25) is 5.91 Å². The van der Waals surface area contributed by atoms with Gasteiger partial charge in [-0.05, 0) is 81.1 Å². The number of aryl methyl sites for hydroxylation is 2. The minimum absolute atomic E-state index is 0.0257. The smallest absolute Gasteiger partial charge is 0.223 e. The first-order valence-corrected chi connectivity index (χ1v) is 10.6. The monoisotopic (exact) mass is 418 g/mol. The summed E-state index contributed by atoms with van der Waals surface area (Å²) in [6.45, 7) is 8.86. The van der Waals surface area contributed by atoms with Gasteiger partial charge in [-0.25, -0.2) is 0 Å². The van der Waals surface area contributed by atoms with Gasteiger partial charge in [-0.15, -0.1) is 0 Å². The summed E-state index contributed by atoms with van der Waals surface area (Å²) in [4.78, 5) is 15.1. The van der Waals surface area contributed by atoms with Crippen LogP contribution < -0.4 is 5.32 Å². The Kier molecular flexibility index (Phi) is 7.03. The van der Waals surface area contributed by atoms with Gasteiger partial charge >= 0.3 is 0 Å². The lowest BCUT2D eigenvalue weighted by Gasteiger charge is -2.32. The summed E-state index contributed by atoms with van der Waals surface area (Å²) in [5.74, 6) is 0.237. The fourth-order valence-electron chi connectivity index (χ4n) is 3.69. The number of nitrogens with zero attached hydrogens (tertiary/aromatic N) is 1. The maximum Gasteiger partial charge on any atom is 0.223 e. The molecule has 1 fully saturated rings. The molecule has 2 aromatic carbocycles. The molecule has 0 bridgehead atoms. The highest BCUT2D eigenvalue weighted by molar-refractivity contribution is 6.35. The third kappa shape index (κ3) is 5.28. The first kappa shape index (κ1) is 21.2. The number of halogens is 2. The molecule has 1 aliphatic rings. The fourth-order valence-corrected chi connectivity index (χ4v) is 4.16. The lowest BCUT2D eigenvalue weighted by molar-refractivity contribution is -0.127. The maximum atomic E-state index is 12.7. The third-order valence-corrected chi connectivity index (χ3v) is 6.34. The average Bonchev–Trinajstić information content (AvgIpc) is 2.66. The molecule has 28 heavy (non-hydrogen) atoms. The van der Waals surface area contributed by atoms with Crippen molar-refractivity contribution in [1.82, 2.24) is 10.2 Å². The van der Waals surface area contributed by atoms with Crippen molar-refractivity contribution in [2.45, 2.75) is 46.2 Å². The number of hydrogen-bond donors (Lipinski definition) is 1. The molecule has 3 nitrogen and oxygen atoms in total. The lowest BCUT2D eigenvalue weighted by atomic mass is 9.94. The van der Waals surface area contributed by atoms with E-state index < -0.39 is 0 Å². The number of rotatable bonds is 5. The topological polar surface area (TPSA) is 32.3 Å². The Morgan fingerprint density at radius 2 is 1.82 bits per heavy atom. The largest absolute Gasteiger partial charge is 0.349 e. The minimum atomic E-state index is 0.0257. The predicted octanol–water partition coefficient (Wildman–Crippen LogP) is 5.70. The molecule has 1 heterocycles. The third-order valence-electron chi connectivity index (χ3n) is 5.76. The Morgan fingerprint density at radius 1 is 1.11 bits per heavy atom. The normalized spacial score (nSPS) is 16.8. The highest BCUT2D eigenvalue weighted by atomic mass is 35.5. The number of amides is 1. The van der Waals surface area contributed by atoms with Crippen LogP contribution in [0.4, 0.5) is 0 Å². The van der Waals surface area contributed by atoms with E-state index in [-0.39, 0.29) is 17.9 Å². The summed E-state index contributed by atoms with van der Waals surface area (Å²) < 4.78 is 0. The minimum Gasteiger partial charge on any atom is -0.349 e. The van der Waals surface area contributed by atoms with Crippen LogP contribution in [0.25, 0.3) is 0 Å². The van der Waals surface area contributed by atoms with E-state index in [0.717, 1.165) is 43.6 Å². The quantitative estimate of drug-likeness (QED) is 0.674. The second kappa shape index (κ2) is 9.30. The van der Waals surface area contributed by atoms with Gasteiger partial charge in [0.1, 0.15) is 0 Å². The first-order valence-electron chi connectivity index (χ1n) is 9.87. The van der Waals surface area contributed by atoms with Crippen molar-refractivity contribution < 1.29 is 4.79 Å². The van der Waals surface area contributed by atoms with Crippen molar-refractivity contribution in [2.24, 2.45) is 5.92 Å². The summed E-state index contributed by atoms with van der Waals surface area (Å²) in [6, 6.07) is 12.1. The van der Waals surface area contributed by atoms with Crippen LogP contribution in [0.3, 0.4) is 0 Å². The van der Waals surface area contributed by atoms with Crippen LogP contribution in [-0.4, -0.2) is 23.9 Å². The Balaban J connectivity index is 1.51.